The van der Waals surface area contributed by atoms with Crippen LogP contribution >= 0.6 is 11.8 Å². The van der Waals surface area contributed by atoms with E-state index in [4.69, 9.17) is 10.2 Å². The molecule has 0 saturated carbocycles. The summed E-state index contributed by atoms with van der Waals surface area (Å²) in [5.41, 5.74) is 0. The third-order valence-electron chi connectivity index (χ3n) is 1.28. The van der Waals surface area contributed by atoms with Gasteiger partial charge in [-0.05, 0) is 0 Å². The quantitative estimate of drug-likeness (QED) is 0.678. The lowest BCUT2D eigenvalue weighted by Crippen LogP contribution is -2.27. The van der Waals surface area contributed by atoms with Crippen LogP contribution < -0.4 is 0 Å². The molecular weight excluding hydrogens is 192 g/mol. The predicted molar refractivity (Wildman–Crippen MR) is 51.0 cm³/mol. The first-order chi connectivity index (χ1) is 5.74. The van der Waals surface area contributed by atoms with Crippen molar-refractivity contribution in [3.05, 3.63) is 0 Å². The van der Waals surface area contributed by atoms with Gasteiger partial charge in [0.1, 0.15) is 0 Å². The summed E-state index contributed by atoms with van der Waals surface area (Å²) in [6, 6.07) is 0. The fraction of sp³-hybridized carbons (Fsp3) is 0.750. The first kappa shape index (κ1) is 12.3. The van der Waals surface area contributed by atoms with Gasteiger partial charge in [-0.15, -0.1) is 0 Å². The number of rotatable bonds is 4. The fourth-order valence-corrected chi connectivity index (χ4v) is 1.53. The van der Waals surface area contributed by atoms with E-state index in [1.54, 1.807) is 0 Å². The van der Waals surface area contributed by atoms with E-state index >= 15 is 0 Å². The average molecular weight is 206 g/mol. The highest BCUT2D eigenvalue weighted by Gasteiger charge is 2.27. The lowest BCUT2D eigenvalue weighted by atomic mass is 10.2. The number of carbonyl (C=O) groups is 2. The smallest absolute Gasteiger partial charge is 0.318 e. The SMILES string of the molecule is CC(C)(C)SCC(C(=O)O)C(=O)O. The predicted octanol–water partition coefficient (Wildman–Crippen LogP) is 1.30. The molecule has 0 aromatic rings. The molecule has 2 N–H and O–H groups in total. The van der Waals surface area contributed by atoms with Gasteiger partial charge in [0.15, 0.2) is 5.92 Å². The van der Waals surface area contributed by atoms with Crippen LogP contribution in [0.2, 0.25) is 0 Å². The second-order valence-electron chi connectivity index (χ2n) is 3.65. The zero-order valence-electron chi connectivity index (χ0n) is 7.90. The Morgan fingerprint density at radius 3 is 1.85 bits per heavy atom. The molecule has 0 aromatic carbocycles. The molecule has 5 heteroatoms. The third kappa shape index (κ3) is 5.52. The Bertz CT molecular complexity index is 193. The molecule has 0 atom stereocenters. The van der Waals surface area contributed by atoms with E-state index in [2.05, 4.69) is 0 Å². The second-order valence-corrected chi connectivity index (χ2v) is 5.50. The van der Waals surface area contributed by atoms with Gasteiger partial charge in [-0.3, -0.25) is 9.59 Å². The van der Waals surface area contributed by atoms with Gasteiger partial charge in [0.25, 0.3) is 0 Å². The Kier molecular flexibility index (Phi) is 4.26. The molecular formula is C8H14O4S. The summed E-state index contributed by atoms with van der Waals surface area (Å²) in [7, 11) is 0. The van der Waals surface area contributed by atoms with Crippen LogP contribution in [0.1, 0.15) is 20.8 Å². The summed E-state index contributed by atoms with van der Waals surface area (Å²) >= 11 is 1.34. The number of hydrogen-bond donors (Lipinski definition) is 2. The van der Waals surface area contributed by atoms with E-state index in [0.717, 1.165) is 0 Å². The highest BCUT2D eigenvalue weighted by molar-refractivity contribution is 8.00. The molecule has 0 aliphatic heterocycles. The van der Waals surface area contributed by atoms with Gasteiger partial charge in [-0.1, -0.05) is 20.8 Å². The minimum atomic E-state index is -1.30. The van der Waals surface area contributed by atoms with Gasteiger partial charge in [0, 0.05) is 10.5 Å². The first-order valence-electron chi connectivity index (χ1n) is 3.83. The van der Waals surface area contributed by atoms with E-state index in [0.29, 0.717) is 0 Å². The molecule has 4 nitrogen and oxygen atoms in total. The Morgan fingerprint density at radius 2 is 1.62 bits per heavy atom. The summed E-state index contributed by atoms with van der Waals surface area (Å²) in [5, 5.41) is 17.1. The topological polar surface area (TPSA) is 74.6 Å². The molecule has 0 aromatic heterocycles. The summed E-state index contributed by atoms with van der Waals surface area (Å²) in [6.07, 6.45) is 0. The highest BCUT2D eigenvalue weighted by Crippen LogP contribution is 2.25. The van der Waals surface area contributed by atoms with Crippen LogP contribution in [0.5, 0.6) is 0 Å². The Hall–Kier alpha value is -0.710. The molecule has 0 saturated heterocycles. The summed E-state index contributed by atoms with van der Waals surface area (Å²) in [5.74, 6) is -3.74. The third-order valence-corrected chi connectivity index (χ3v) is 2.65. The second kappa shape index (κ2) is 4.50. The summed E-state index contributed by atoms with van der Waals surface area (Å²) in [6.45, 7) is 5.75. The molecule has 0 aliphatic rings. The summed E-state index contributed by atoms with van der Waals surface area (Å²) < 4.78 is -0.108. The van der Waals surface area contributed by atoms with Crippen molar-refractivity contribution >= 4 is 23.7 Å². The van der Waals surface area contributed by atoms with Crippen molar-refractivity contribution in [1.82, 2.24) is 0 Å². The Morgan fingerprint density at radius 1 is 1.23 bits per heavy atom. The molecule has 0 spiro atoms. The fourth-order valence-electron chi connectivity index (χ4n) is 0.582. The van der Waals surface area contributed by atoms with Gasteiger partial charge in [-0.25, -0.2) is 0 Å². The molecule has 0 unspecified atom stereocenters. The number of aliphatic carboxylic acids is 2. The van der Waals surface area contributed by atoms with Crippen molar-refractivity contribution < 1.29 is 19.8 Å². The van der Waals surface area contributed by atoms with Crippen molar-refractivity contribution in [2.24, 2.45) is 5.92 Å². The molecule has 0 fully saturated rings. The van der Waals surface area contributed by atoms with Crippen LogP contribution in [-0.2, 0) is 9.59 Å². The molecule has 0 rings (SSSR count). The molecule has 0 aliphatic carbocycles. The van der Waals surface area contributed by atoms with Gasteiger partial charge in [-0.2, -0.15) is 11.8 Å². The highest BCUT2D eigenvalue weighted by atomic mass is 32.2. The van der Waals surface area contributed by atoms with Crippen LogP contribution in [0.25, 0.3) is 0 Å². The minimum Gasteiger partial charge on any atom is -0.481 e. The number of carboxylic acid groups (broad SMARTS) is 2. The van der Waals surface area contributed by atoms with Crippen LogP contribution in [0.4, 0.5) is 0 Å². The van der Waals surface area contributed by atoms with E-state index in [9.17, 15) is 9.59 Å². The van der Waals surface area contributed by atoms with Gasteiger partial charge in [0.2, 0.25) is 0 Å². The van der Waals surface area contributed by atoms with Crippen molar-refractivity contribution in [3.8, 4) is 0 Å². The van der Waals surface area contributed by atoms with Crippen LogP contribution in [-0.4, -0.2) is 32.7 Å². The lowest BCUT2D eigenvalue weighted by Gasteiger charge is -2.18. The average Bonchev–Trinajstić information content (AvgIpc) is 1.82. The van der Waals surface area contributed by atoms with E-state index < -0.39 is 17.9 Å². The molecule has 0 heterocycles. The van der Waals surface area contributed by atoms with Crippen molar-refractivity contribution in [2.75, 3.05) is 5.75 Å². The number of hydrogen-bond acceptors (Lipinski definition) is 3. The zero-order valence-corrected chi connectivity index (χ0v) is 8.72. The molecule has 0 amide bonds. The van der Waals surface area contributed by atoms with Crippen molar-refractivity contribution in [2.45, 2.75) is 25.5 Å². The van der Waals surface area contributed by atoms with Crippen LogP contribution in [0.3, 0.4) is 0 Å². The van der Waals surface area contributed by atoms with Gasteiger partial charge >= 0.3 is 11.9 Å². The Labute approximate surface area is 81.3 Å². The first-order valence-corrected chi connectivity index (χ1v) is 4.82. The van der Waals surface area contributed by atoms with Crippen LogP contribution in [0, 0.1) is 5.92 Å². The lowest BCUT2D eigenvalue weighted by molar-refractivity contribution is -0.153. The zero-order chi connectivity index (χ0) is 10.6. The maximum absolute atomic E-state index is 10.5. The van der Waals surface area contributed by atoms with Gasteiger partial charge in [0.05, 0.1) is 0 Å². The van der Waals surface area contributed by atoms with Gasteiger partial charge < -0.3 is 10.2 Å². The van der Waals surface area contributed by atoms with Crippen molar-refractivity contribution in [1.29, 1.82) is 0 Å². The molecule has 0 bridgehead atoms. The normalized spacial score (nSPS) is 11.7. The maximum atomic E-state index is 10.5. The van der Waals surface area contributed by atoms with E-state index in [1.807, 2.05) is 20.8 Å². The largest absolute Gasteiger partial charge is 0.481 e. The number of thioether (sulfide) groups is 1. The Balaban J connectivity index is 4.14. The molecule has 0 radical (unpaired) electrons. The summed E-state index contributed by atoms with van der Waals surface area (Å²) in [4.78, 5) is 20.9. The monoisotopic (exact) mass is 206 g/mol. The maximum Gasteiger partial charge on any atom is 0.318 e. The molecule has 13 heavy (non-hydrogen) atoms. The minimum absolute atomic E-state index is 0.105. The molecule has 76 valence electrons. The standard InChI is InChI=1S/C8H14O4S/c1-8(2,3)13-4-5(6(9)10)7(11)12/h5H,4H2,1-3H3,(H,9,10)(H,11,12). The van der Waals surface area contributed by atoms with E-state index in [1.165, 1.54) is 11.8 Å². The van der Waals surface area contributed by atoms with Crippen molar-refractivity contribution in [3.63, 3.8) is 0 Å². The van der Waals surface area contributed by atoms with E-state index in [-0.39, 0.29) is 10.5 Å². The van der Waals surface area contributed by atoms with Crippen LogP contribution in [0.15, 0.2) is 0 Å². The number of carboxylic acids is 2.